The van der Waals surface area contributed by atoms with Gasteiger partial charge in [-0.25, -0.2) is 19.9 Å². The van der Waals surface area contributed by atoms with Gasteiger partial charge in [-0.2, -0.15) is 10.2 Å². The van der Waals surface area contributed by atoms with E-state index in [-0.39, 0.29) is 0 Å². The van der Waals surface area contributed by atoms with Gasteiger partial charge in [-0.15, -0.1) is 0 Å². The van der Waals surface area contributed by atoms with Crippen LogP contribution in [0.25, 0.3) is 0 Å². The fraction of sp³-hybridized carbons (Fsp3) is 0.649. The van der Waals surface area contributed by atoms with Gasteiger partial charge in [0.2, 0.25) is 0 Å². The van der Waals surface area contributed by atoms with E-state index in [1.807, 2.05) is 133 Å². The van der Waals surface area contributed by atoms with Crippen molar-refractivity contribution in [3.05, 3.63) is 154 Å². The molecule has 0 radical (unpaired) electrons. The first-order chi connectivity index (χ1) is 39.7. The maximum absolute atomic E-state index is 4.40. The zero-order valence-corrected chi connectivity index (χ0v) is 61.5. The summed E-state index contributed by atoms with van der Waals surface area (Å²) in [6, 6.07) is 12.7. The Balaban J connectivity index is -0.000000209. The molecular weight excluding hydrogens is 1030 g/mol. The van der Waals surface area contributed by atoms with E-state index in [1.54, 1.807) is 0 Å². The Hall–Kier alpha value is -5.38. The van der Waals surface area contributed by atoms with Crippen molar-refractivity contribution in [1.82, 2.24) is 50.1 Å². The molecule has 6 heterocycles. The molecule has 0 aliphatic heterocycles. The van der Waals surface area contributed by atoms with Crippen LogP contribution in [0.5, 0.6) is 0 Å². The molecule has 0 bridgehead atoms. The summed E-state index contributed by atoms with van der Waals surface area (Å²) in [5, 5.41) is 8.30. The lowest BCUT2D eigenvalue weighted by Gasteiger charge is -2.07. The average Bonchev–Trinajstić information content (AvgIpc) is 3.51. The van der Waals surface area contributed by atoms with Crippen molar-refractivity contribution in [3.63, 3.8) is 0 Å². The molecule has 0 unspecified atom stereocenters. The molecule has 10 heteroatoms. The van der Waals surface area contributed by atoms with Crippen LogP contribution in [0, 0.1) is 0 Å². The minimum absolute atomic E-state index is 0.422. The van der Waals surface area contributed by atoms with E-state index in [1.165, 1.54) is 33.6 Å². The van der Waals surface area contributed by atoms with Gasteiger partial charge < -0.3 is 0 Å². The molecule has 6 aromatic heterocycles. The lowest BCUT2D eigenvalue weighted by Crippen LogP contribution is -1.99. The molecule has 10 nitrogen and oxygen atoms in total. The normalized spacial score (nSPS) is 10.0. The molecule has 84 heavy (non-hydrogen) atoms. The molecule has 0 aromatic carbocycles. The molecule has 0 amide bonds. The van der Waals surface area contributed by atoms with Gasteiger partial charge in [0.25, 0.3) is 0 Å². The van der Waals surface area contributed by atoms with Crippen LogP contribution in [0.15, 0.2) is 86.0 Å². The Kier molecular flexibility index (Phi) is 59.3. The first-order valence-corrected chi connectivity index (χ1v) is 32.9. The van der Waals surface area contributed by atoms with Gasteiger partial charge in [0.1, 0.15) is 11.6 Å². The van der Waals surface area contributed by atoms with Crippen molar-refractivity contribution < 1.29 is 0 Å². The number of rotatable bonds is 12. The van der Waals surface area contributed by atoms with Gasteiger partial charge in [-0.05, 0) is 106 Å². The molecule has 0 saturated heterocycles. The average molecular weight is 1160 g/mol. The SMILES string of the molecule is CC.CC.CC.CC.CC.CC.CC(C)c1ccc(C(C)C)nc1.CC(C)c1ccc(C(C)C)nc1.CC(C)c1ccc(C(C)C)nn1.CC(C)c1cnc(C(C)C)cn1.CC(C)c1cnc(C(C)C)nc1.CC(C)c1cnc(C(C)C)nc1. The topological polar surface area (TPSA) is 129 Å². The highest BCUT2D eigenvalue weighted by Gasteiger charge is 2.08. The van der Waals surface area contributed by atoms with Gasteiger partial charge in [0.05, 0.1) is 22.8 Å². The molecule has 6 rings (SSSR count). The summed E-state index contributed by atoms with van der Waals surface area (Å²) in [6.45, 7) is 75.4. The van der Waals surface area contributed by atoms with Crippen LogP contribution in [-0.2, 0) is 0 Å². The maximum atomic E-state index is 4.40. The standard InChI is InChI=1S/2C11H17N.4C10H16N2.6C2H6/c2*1-8(2)10-5-6-11(9(3)4)12-7-10;1-7(2)9-5-12-10(6-11-9)8(3)4;2*1-7(2)9-5-11-10(8(3)4)12-6-9;1-7(2)9-5-6-10(8(3)4)12-11-9;6*1-2/h2*5-9H,1-4H3;4*5-8H,1-4H3;6*1-2H3. The predicted molar refractivity (Wildman–Crippen MR) is 374 cm³/mol. The largest absolute Gasteiger partial charge is 0.261 e. The molecular formula is C74H134N10. The molecule has 0 atom stereocenters. The minimum atomic E-state index is 0.422. The first-order valence-electron chi connectivity index (χ1n) is 32.9. The predicted octanol–water partition coefficient (Wildman–Crippen LogP) is 23.7. The zero-order valence-electron chi connectivity index (χ0n) is 61.5. The van der Waals surface area contributed by atoms with Crippen molar-refractivity contribution in [2.45, 2.75) is 320 Å². The molecule has 0 fully saturated rings. The molecule has 0 aliphatic carbocycles. The lowest BCUT2D eigenvalue weighted by atomic mass is 10.0. The molecule has 0 saturated carbocycles. The summed E-state index contributed by atoms with van der Waals surface area (Å²) < 4.78 is 0. The van der Waals surface area contributed by atoms with Gasteiger partial charge in [-0.1, -0.05) is 261 Å². The summed E-state index contributed by atoms with van der Waals surface area (Å²) in [7, 11) is 0. The van der Waals surface area contributed by atoms with Gasteiger partial charge in [0, 0.05) is 72.8 Å². The highest BCUT2D eigenvalue weighted by molar-refractivity contribution is 5.20. The lowest BCUT2D eigenvalue weighted by molar-refractivity contribution is 0.733. The minimum Gasteiger partial charge on any atom is -0.261 e. The quantitative estimate of drug-likeness (QED) is 0.117. The van der Waals surface area contributed by atoms with Crippen molar-refractivity contribution >= 4 is 0 Å². The molecule has 0 N–H and O–H groups in total. The Morgan fingerprint density at radius 2 is 0.369 bits per heavy atom. The second-order valence-corrected chi connectivity index (χ2v) is 22.4. The van der Waals surface area contributed by atoms with Gasteiger partial charge in [0.15, 0.2) is 0 Å². The van der Waals surface area contributed by atoms with E-state index in [0.717, 1.165) is 34.4 Å². The summed E-state index contributed by atoms with van der Waals surface area (Å²) in [4.78, 5) is 34.6. The van der Waals surface area contributed by atoms with Crippen molar-refractivity contribution in [3.8, 4) is 0 Å². The van der Waals surface area contributed by atoms with Crippen LogP contribution in [-0.4, -0.2) is 50.1 Å². The molecule has 0 spiro atoms. The summed E-state index contributed by atoms with van der Waals surface area (Å²) in [5.74, 6) is 7.86. The molecule has 480 valence electrons. The number of pyridine rings is 2. The van der Waals surface area contributed by atoms with Crippen molar-refractivity contribution in [2.24, 2.45) is 0 Å². The second kappa shape index (κ2) is 55.5. The third kappa shape index (κ3) is 41.6. The van der Waals surface area contributed by atoms with Crippen LogP contribution in [0.2, 0.25) is 0 Å². The maximum Gasteiger partial charge on any atom is 0.130 e. The highest BCUT2D eigenvalue weighted by Crippen LogP contribution is 2.20. The Morgan fingerprint density at radius 3 is 0.512 bits per heavy atom. The zero-order chi connectivity index (χ0) is 66.8. The number of hydrogen-bond acceptors (Lipinski definition) is 10. The van der Waals surface area contributed by atoms with Gasteiger partial charge in [-0.3, -0.25) is 19.9 Å². The van der Waals surface area contributed by atoms with E-state index in [0.29, 0.717) is 71.0 Å². The Morgan fingerprint density at radius 1 is 0.179 bits per heavy atom. The Labute approximate surface area is 521 Å². The molecule has 6 aromatic rings. The fourth-order valence-corrected chi connectivity index (χ4v) is 6.00. The first kappa shape index (κ1) is 89.8. The summed E-state index contributed by atoms with van der Waals surface area (Å²) >= 11 is 0. The van der Waals surface area contributed by atoms with E-state index in [2.05, 4.69) is 253 Å². The number of aromatic nitrogens is 10. The van der Waals surface area contributed by atoms with Crippen LogP contribution in [0.1, 0.15) is 388 Å². The number of hydrogen-bond donors (Lipinski definition) is 0. The second-order valence-electron chi connectivity index (χ2n) is 22.4. The monoisotopic (exact) mass is 1160 g/mol. The van der Waals surface area contributed by atoms with Crippen LogP contribution < -0.4 is 0 Å². The van der Waals surface area contributed by atoms with Crippen LogP contribution >= 0.6 is 0 Å². The van der Waals surface area contributed by atoms with E-state index in [4.69, 9.17) is 0 Å². The van der Waals surface area contributed by atoms with Gasteiger partial charge >= 0.3 is 0 Å². The summed E-state index contributed by atoms with van der Waals surface area (Å²) in [5.41, 5.74) is 11.7. The Bertz CT molecular complexity index is 1680. The van der Waals surface area contributed by atoms with Crippen molar-refractivity contribution in [2.75, 3.05) is 0 Å². The van der Waals surface area contributed by atoms with E-state index < -0.39 is 0 Å². The molecule has 0 aliphatic rings. The number of nitrogens with zero attached hydrogens (tertiary/aromatic N) is 10. The fourth-order valence-electron chi connectivity index (χ4n) is 6.00. The highest BCUT2D eigenvalue weighted by atomic mass is 15.1. The summed E-state index contributed by atoms with van der Waals surface area (Å²) in [6.07, 6.45) is 15.4. The van der Waals surface area contributed by atoms with E-state index in [9.17, 15) is 0 Å². The smallest absolute Gasteiger partial charge is 0.130 e. The van der Waals surface area contributed by atoms with Crippen LogP contribution in [0.3, 0.4) is 0 Å². The third-order valence-electron chi connectivity index (χ3n) is 11.6. The van der Waals surface area contributed by atoms with E-state index >= 15 is 0 Å². The van der Waals surface area contributed by atoms with Crippen molar-refractivity contribution in [1.29, 1.82) is 0 Å². The third-order valence-corrected chi connectivity index (χ3v) is 11.6. The van der Waals surface area contributed by atoms with Crippen LogP contribution in [0.4, 0.5) is 0 Å².